The molecule has 15 heavy (non-hydrogen) atoms. The minimum atomic E-state index is 0.132. The third kappa shape index (κ3) is 3.59. The molecule has 0 bridgehead atoms. The molecule has 0 unspecified atom stereocenters. The summed E-state index contributed by atoms with van der Waals surface area (Å²) < 4.78 is 11.7. The number of benzene rings is 1. The van der Waals surface area contributed by atoms with E-state index < -0.39 is 0 Å². The maximum absolute atomic E-state index is 5.71. The summed E-state index contributed by atoms with van der Waals surface area (Å²) in [7, 11) is 1.64. The van der Waals surface area contributed by atoms with Gasteiger partial charge in [-0.2, -0.15) is 0 Å². The first-order chi connectivity index (χ1) is 7.17. The number of rotatable bonds is 5. The van der Waals surface area contributed by atoms with Gasteiger partial charge in [-0.3, -0.25) is 0 Å². The van der Waals surface area contributed by atoms with Crippen LogP contribution >= 0.6 is 15.9 Å². The Bertz CT molecular complexity index is 336. The predicted molar refractivity (Wildman–Crippen MR) is 65.6 cm³/mol. The Hall–Kier alpha value is -0.960. The fourth-order valence-corrected chi connectivity index (χ4v) is 1.65. The minimum absolute atomic E-state index is 0.132. The van der Waals surface area contributed by atoms with Gasteiger partial charge in [0.2, 0.25) is 0 Å². The standard InChI is InChI=1S/C12H15BrO2/c1-4-5-9(2)15-12-7-6-10(14-3)8-11(12)13/h4,6-9H,1,5H2,2-3H3/t9-/m0/s1. The Labute approximate surface area is 99.0 Å². The lowest BCUT2D eigenvalue weighted by Crippen LogP contribution is -2.10. The second-order valence-corrected chi connectivity index (χ2v) is 4.10. The molecule has 0 aromatic heterocycles. The molecule has 0 heterocycles. The van der Waals surface area contributed by atoms with Gasteiger partial charge in [0.25, 0.3) is 0 Å². The number of ether oxygens (including phenoxy) is 2. The summed E-state index contributed by atoms with van der Waals surface area (Å²) in [4.78, 5) is 0. The van der Waals surface area contributed by atoms with Crippen LogP contribution in [0, 0.1) is 0 Å². The third-order valence-corrected chi connectivity index (χ3v) is 2.59. The molecule has 0 saturated carbocycles. The molecule has 2 nitrogen and oxygen atoms in total. The zero-order valence-electron chi connectivity index (χ0n) is 9.00. The van der Waals surface area contributed by atoms with Gasteiger partial charge in [0.1, 0.15) is 11.5 Å². The summed E-state index contributed by atoms with van der Waals surface area (Å²) in [6, 6.07) is 5.65. The smallest absolute Gasteiger partial charge is 0.134 e. The minimum Gasteiger partial charge on any atom is -0.497 e. The Kier molecular flexibility index (Phi) is 4.69. The molecule has 0 aliphatic rings. The molecule has 0 fully saturated rings. The van der Waals surface area contributed by atoms with Crippen molar-refractivity contribution in [2.24, 2.45) is 0 Å². The topological polar surface area (TPSA) is 18.5 Å². The van der Waals surface area contributed by atoms with Crippen LogP contribution in [0.4, 0.5) is 0 Å². The van der Waals surface area contributed by atoms with Crippen LogP contribution in [0.3, 0.4) is 0 Å². The van der Waals surface area contributed by atoms with E-state index in [1.165, 1.54) is 0 Å². The van der Waals surface area contributed by atoms with Crippen LogP contribution in [0.1, 0.15) is 13.3 Å². The molecule has 3 heteroatoms. The molecule has 0 saturated heterocycles. The zero-order valence-corrected chi connectivity index (χ0v) is 10.6. The van der Waals surface area contributed by atoms with Crippen molar-refractivity contribution in [2.45, 2.75) is 19.4 Å². The number of halogens is 1. The molecular weight excluding hydrogens is 256 g/mol. The van der Waals surface area contributed by atoms with Crippen LogP contribution < -0.4 is 9.47 Å². The van der Waals surface area contributed by atoms with E-state index in [4.69, 9.17) is 9.47 Å². The van der Waals surface area contributed by atoms with Crippen molar-refractivity contribution < 1.29 is 9.47 Å². The van der Waals surface area contributed by atoms with Crippen molar-refractivity contribution in [3.8, 4) is 11.5 Å². The lowest BCUT2D eigenvalue weighted by atomic mass is 10.2. The lowest BCUT2D eigenvalue weighted by molar-refractivity contribution is 0.223. The average Bonchev–Trinajstić information content (AvgIpc) is 2.21. The van der Waals surface area contributed by atoms with E-state index in [1.54, 1.807) is 7.11 Å². The maximum Gasteiger partial charge on any atom is 0.134 e. The van der Waals surface area contributed by atoms with Crippen LogP contribution in [0.25, 0.3) is 0 Å². The first-order valence-corrected chi connectivity index (χ1v) is 5.57. The van der Waals surface area contributed by atoms with E-state index >= 15 is 0 Å². The van der Waals surface area contributed by atoms with Crippen LogP contribution in [0.5, 0.6) is 11.5 Å². The SMILES string of the molecule is C=CC[C@H](C)Oc1ccc(OC)cc1Br. The Morgan fingerprint density at radius 3 is 2.80 bits per heavy atom. The number of hydrogen-bond acceptors (Lipinski definition) is 2. The Morgan fingerprint density at radius 1 is 1.53 bits per heavy atom. The van der Waals surface area contributed by atoms with Gasteiger partial charge in [-0.15, -0.1) is 6.58 Å². The first-order valence-electron chi connectivity index (χ1n) is 4.78. The predicted octanol–water partition coefficient (Wildman–Crippen LogP) is 3.80. The largest absolute Gasteiger partial charge is 0.497 e. The Morgan fingerprint density at radius 2 is 2.27 bits per heavy atom. The molecule has 0 N–H and O–H groups in total. The highest BCUT2D eigenvalue weighted by Crippen LogP contribution is 2.30. The third-order valence-electron chi connectivity index (χ3n) is 1.97. The summed E-state index contributed by atoms with van der Waals surface area (Å²) in [5, 5.41) is 0. The lowest BCUT2D eigenvalue weighted by Gasteiger charge is -2.14. The molecule has 82 valence electrons. The van der Waals surface area contributed by atoms with Crippen LogP contribution in [0.15, 0.2) is 35.3 Å². The van der Waals surface area contributed by atoms with Crippen molar-refractivity contribution in [1.29, 1.82) is 0 Å². The number of methoxy groups -OCH3 is 1. The molecule has 0 aliphatic carbocycles. The second-order valence-electron chi connectivity index (χ2n) is 3.25. The van der Waals surface area contributed by atoms with Gasteiger partial charge in [-0.05, 0) is 41.1 Å². The van der Waals surface area contributed by atoms with Crippen molar-refractivity contribution in [1.82, 2.24) is 0 Å². The van der Waals surface area contributed by atoms with Crippen molar-refractivity contribution in [3.05, 3.63) is 35.3 Å². The highest BCUT2D eigenvalue weighted by atomic mass is 79.9. The van der Waals surface area contributed by atoms with Crippen LogP contribution in [-0.4, -0.2) is 13.2 Å². The van der Waals surface area contributed by atoms with Gasteiger partial charge in [0.15, 0.2) is 0 Å². The molecular formula is C12H15BrO2. The summed E-state index contributed by atoms with van der Waals surface area (Å²) >= 11 is 3.44. The van der Waals surface area contributed by atoms with Gasteiger partial charge in [-0.1, -0.05) is 6.08 Å². The fraction of sp³-hybridized carbons (Fsp3) is 0.333. The van der Waals surface area contributed by atoms with E-state index in [2.05, 4.69) is 22.5 Å². The molecule has 0 aliphatic heterocycles. The van der Waals surface area contributed by atoms with E-state index in [0.29, 0.717) is 0 Å². The average molecular weight is 271 g/mol. The molecule has 1 atom stereocenters. The maximum atomic E-state index is 5.71. The molecule has 0 radical (unpaired) electrons. The molecule has 1 aromatic rings. The second kappa shape index (κ2) is 5.81. The molecule has 0 spiro atoms. The van der Waals surface area contributed by atoms with Crippen LogP contribution in [0.2, 0.25) is 0 Å². The summed E-state index contributed by atoms with van der Waals surface area (Å²) in [6.45, 7) is 5.69. The van der Waals surface area contributed by atoms with Crippen LogP contribution in [-0.2, 0) is 0 Å². The van der Waals surface area contributed by atoms with Gasteiger partial charge in [0, 0.05) is 6.42 Å². The summed E-state index contributed by atoms with van der Waals surface area (Å²) in [5.74, 6) is 1.63. The monoisotopic (exact) mass is 270 g/mol. The van der Waals surface area contributed by atoms with Crippen molar-refractivity contribution in [2.75, 3.05) is 7.11 Å². The first kappa shape index (κ1) is 12.1. The molecule has 1 rings (SSSR count). The normalized spacial score (nSPS) is 11.9. The van der Waals surface area contributed by atoms with E-state index in [0.717, 1.165) is 22.4 Å². The fourth-order valence-electron chi connectivity index (χ4n) is 1.20. The van der Waals surface area contributed by atoms with Gasteiger partial charge < -0.3 is 9.47 Å². The zero-order chi connectivity index (χ0) is 11.3. The summed E-state index contributed by atoms with van der Waals surface area (Å²) in [5.41, 5.74) is 0. The highest BCUT2D eigenvalue weighted by molar-refractivity contribution is 9.10. The van der Waals surface area contributed by atoms with E-state index in [1.807, 2.05) is 31.2 Å². The van der Waals surface area contributed by atoms with Gasteiger partial charge in [-0.25, -0.2) is 0 Å². The van der Waals surface area contributed by atoms with Crippen molar-refractivity contribution in [3.63, 3.8) is 0 Å². The van der Waals surface area contributed by atoms with E-state index in [-0.39, 0.29) is 6.10 Å². The van der Waals surface area contributed by atoms with Gasteiger partial charge in [0.05, 0.1) is 17.7 Å². The quantitative estimate of drug-likeness (QED) is 0.758. The number of hydrogen-bond donors (Lipinski definition) is 0. The highest BCUT2D eigenvalue weighted by Gasteiger charge is 2.06. The molecule has 1 aromatic carbocycles. The van der Waals surface area contributed by atoms with Crippen molar-refractivity contribution >= 4 is 15.9 Å². The summed E-state index contributed by atoms with van der Waals surface area (Å²) in [6.07, 6.45) is 2.81. The molecule has 0 amide bonds. The Balaban J connectivity index is 2.73. The van der Waals surface area contributed by atoms with Gasteiger partial charge >= 0.3 is 0 Å². The van der Waals surface area contributed by atoms with E-state index in [9.17, 15) is 0 Å².